The summed E-state index contributed by atoms with van der Waals surface area (Å²) in [4.78, 5) is 2.63. The van der Waals surface area contributed by atoms with E-state index in [0.717, 1.165) is 23.9 Å². The highest BCUT2D eigenvalue weighted by atomic mass is 16.5. The predicted octanol–water partition coefficient (Wildman–Crippen LogP) is 2.92. The third kappa shape index (κ3) is 3.10. The predicted molar refractivity (Wildman–Crippen MR) is 79.2 cm³/mol. The van der Waals surface area contributed by atoms with Crippen LogP contribution in [0.5, 0.6) is 5.75 Å². The van der Waals surface area contributed by atoms with Crippen molar-refractivity contribution in [2.24, 2.45) is 5.73 Å². The number of methoxy groups -OCH3 is 1. The van der Waals surface area contributed by atoms with Crippen molar-refractivity contribution in [1.29, 1.82) is 0 Å². The van der Waals surface area contributed by atoms with E-state index in [1.807, 2.05) is 6.07 Å². The second-order valence-electron chi connectivity index (χ2n) is 5.51. The first-order chi connectivity index (χ1) is 9.19. The van der Waals surface area contributed by atoms with Gasteiger partial charge in [-0.3, -0.25) is 4.90 Å². The summed E-state index contributed by atoms with van der Waals surface area (Å²) in [6, 6.07) is 7.82. The molecule has 1 aromatic carbocycles. The second kappa shape index (κ2) is 6.40. The zero-order valence-corrected chi connectivity index (χ0v) is 12.4. The molecule has 0 amide bonds. The summed E-state index contributed by atoms with van der Waals surface area (Å²) >= 11 is 0. The summed E-state index contributed by atoms with van der Waals surface area (Å²) in [5.74, 6) is 0.896. The van der Waals surface area contributed by atoms with Crippen LogP contribution in [-0.2, 0) is 13.1 Å². The number of benzene rings is 1. The fraction of sp³-hybridized carbons (Fsp3) is 0.625. The fourth-order valence-corrected chi connectivity index (χ4v) is 3.15. The van der Waals surface area contributed by atoms with Crippen LogP contribution in [0.4, 0.5) is 0 Å². The summed E-state index contributed by atoms with van der Waals surface area (Å²) in [7, 11) is 1.70. The molecule has 0 saturated carbocycles. The third-order valence-corrected chi connectivity index (χ3v) is 4.35. The van der Waals surface area contributed by atoms with Crippen molar-refractivity contribution in [3.8, 4) is 5.75 Å². The van der Waals surface area contributed by atoms with E-state index >= 15 is 0 Å². The molecule has 1 aliphatic rings. The van der Waals surface area contributed by atoms with Crippen LogP contribution in [-0.4, -0.2) is 24.1 Å². The van der Waals surface area contributed by atoms with Gasteiger partial charge in [-0.1, -0.05) is 13.0 Å². The van der Waals surface area contributed by atoms with E-state index in [9.17, 15) is 0 Å². The van der Waals surface area contributed by atoms with Crippen molar-refractivity contribution in [3.05, 3.63) is 29.3 Å². The van der Waals surface area contributed by atoms with Crippen LogP contribution in [0, 0.1) is 0 Å². The molecule has 3 heteroatoms. The number of nitrogens with two attached hydrogens (primary N) is 1. The first kappa shape index (κ1) is 14.4. The molecule has 106 valence electrons. The van der Waals surface area contributed by atoms with Gasteiger partial charge in [-0.05, 0) is 43.9 Å². The van der Waals surface area contributed by atoms with Gasteiger partial charge in [0.2, 0.25) is 0 Å². The average Bonchev–Trinajstić information content (AvgIpc) is 2.79. The standard InChI is InChI=1S/C16H26N2O/c1-4-15-7-5-12(2)18(15)11-13-6-8-16(19-3)14(9-13)10-17/h6,8-9,12,15H,4-5,7,10-11,17H2,1-3H3. The summed E-state index contributed by atoms with van der Waals surface area (Å²) < 4.78 is 5.33. The number of hydrogen-bond donors (Lipinski definition) is 1. The van der Waals surface area contributed by atoms with E-state index < -0.39 is 0 Å². The molecule has 19 heavy (non-hydrogen) atoms. The maximum absolute atomic E-state index is 5.79. The molecule has 2 rings (SSSR count). The molecule has 2 unspecified atom stereocenters. The van der Waals surface area contributed by atoms with Crippen molar-refractivity contribution in [2.75, 3.05) is 7.11 Å². The lowest BCUT2D eigenvalue weighted by Crippen LogP contribution is -2.33. The molecular formula is C16H26N2O. The summed E-state index contributed by atoms with van der Waals surface area (Å²) in [5.41, 5.74) is 8.23. The Hall–Kier alpha value is -1.06. The van der Waals surface area contributed by atoms with Crippen LogP contribution in [0.1, 0.15) is 44.2 Å². The smallest absolute Gasteiger partial charge is 0.123 e. The highest BCUT2D eigenvalue weighted by Crippen LogP contribution is 2.29. The van der Waals surface area contributed by atoms with E-state index in [1.165, 1.54) is 24.8 Å². The van der Waals surface area contributed by atoms with Crippen LogP contribution in [0.25, 0.3) is 0 Å². The number of ether oxygens (including phenoxy) is 1. The van der Waals surface area contributed by atoms with Gasteiger partial charge in [0.15, 0.2) is 0 Å². The Morgan fingerprint density at radius 1 is 1.37 bits per heavy atom. The molecule has 2 atom stereocenters. The number of likely N-dealkylation sites (tertiary alicyclic amines) is 1. The SMILES string of the molecule is CCC1CCC(C)N1Cc1ccc(OC)c(CN)c1. The van der Waals surface area contributed by atoms with Gasteiger partial charge in [0.1, 0.15) is 5.75 Å². The summed E-state index contributed by atoms with van der Waals surface area (Å²) in [6.45, 7) is 6.18. The van der Waals surface area contributed by atoms with Crippen LogP contribution < -0.4 is 10.5 Å². The Labute approximate surface area is 116 Å². The van der Waals surface area contributed by atoms with E-state index in [1.54, 1.807) is 7.11 Å². The first-order valence-corrected chi connectivity index (χ1v) is 7.31. The maximum Gasteiger partial charge on any atom is 0.123 e. The Morgan fingerprint density at radius 2 is 2.16 bits per heavy atom. The van der Waals surface area contributed by atoms with Crippen molar-refractivity contribution < 1.29 is 4.74 Å². The van der Waals surface area contributed by atoms with Crippen molar-refractivity contribution >= 4 is 0 Å². The number of rotatable bonds is 5. The Morgan fingerprint density at radius 3 is 2.79 bits per heavy atom. The molecule has 0 aromatic heterocycles. The molecule has 1 aliphatic heterocycles. The maximum atomic E-state index is 5.79. The van der Waals surface area contributed by atoms with Gasteiger partial charge in [-0.15, -0.1) is 0 Å². The minimum atomic E-state index is 0.532. The van der Waals surface area contributed by atoms with Crippen LogP contribution >= 0.6 is 0 Å². The van der Waals surface area contributed by atoms with Crippen molar-refractivity contribution in [1.82, 2.24) is 4.90 Å². The topological polar surface area (TPSA) is 38.5 Å². The van der Waals surface area contributed by atoms with Gasteiger partial charge >= 0.3 is 0 Å². The molecular weight excluding hydrogens is 236 g/mol. The summed E-state index contributed by atoms with van der Waals surface area (Å²) in [6.07, 6.45) is 3.89. The molecule has 1 heterocycles. The zero-order valence-electron chi connectivity index (χ0n) is 12.4. The van der Waals surface area contributed by atoms with Crippen LogP contribution in [0.2, 0.25) is 0 Å². The monoisotopic (exact) mass is 262 g/mol. The van der Waals surface area contributed by atoms with Gasteiger partial charge in [-0.25, -0.2) is 0 Å². The lowest BCUT2D eigenvalue weighted by Gasteiger charge is -2.28. The lowest BCUT2D eigenvalue weighted by molar-refractivity contribution is 0.189. The quantitative estimate of drug-likeness (QED) is 0.886. The molecule has 0 aliphatic carbocycles. The molecule has 0 radical (unpaired) electrons. The van der Waals surface area contributed by atoms with Crippen LogP contribution in [0.3, 0.4) is 0 Å². The lowest BCUT2D eigenvalue weighted by atomic mass is 10.1. The molecule has 0 spiro atoms. The Balaban J connectivity index is 2.14. The fourth-order valence-electron chi connectivity index (χ4n) is 3.15. The van der Waals surface area contributed by atoms with Gasteiger partial charge in [0.25, 0.3) is 0 Å². The molecule has 3 nitrogen and oxygen atoms in total. The van der Waals surface area contributed by atoms with E-state index in [-0.39, 0.29) is 0 Å². The Bertz CT molecular complexity index is 419. The summed E-state index contributed by atoms with van der Waals surface area (Å²) in [5, 5.41) is 0. The minimum Gasteiger partial charge on any atom is -0.496 e. The zero-order chi connectivity index (χ0) is 13.8. The van der Waals surface area contributed by atoms with E-state index in [2.05, 4.69) is 30.9 Å². The van der Waals surface area contributed by atoms with Gasteiger partial charge in [0.05, 0.1) is 7.11 Å². The minimum absolute atomic E-state index is 0.532. The second-order valence-corrected chi connectivity index (χ2v) is 5.51. The molecule has 0 bridgehead atoms. The number of hydrogen-bond acceptors (Lipinski definition) is 3. The molecule has 1 fully saturated rings. The van der Waals surface area contributed by atoms with Crippen LogP contribution in [0.15, 0.2) is 18.2 Å². The largest absolute Gasteiger partial charge is 0.496 e. The molecule has 1 aromatic rings. The van der Waals surface area contributed by atoms with Crippen molar-refractivity contribution in [3.63, 3.8) is 0 Å². The first-order valence-electron chi connectivity index (χ1n) is 7.31. The Kier molecular flexibility index (Phi) is 4.83. The third-order valence-electron chi connectivity index (χ3n) is 4.35. The van der Waals surface area contributed by atoms with E-state index in [0.29, 0.717) is 12.6 Å². The highest BCUT2D eigenvalue weighted by Gasteiger charge is 2.28. The van der Waals surface area contributed by atoms with Crippen molar-refractivity contribution in [2.45, 2.75) is 58.3 Å². The van der Waals surface area contributed by atoms with Gasteiger partial charge in [0, 0.05) is 30.7 Å². The molecule has 2 N–H and O–H groups in total. The normalized spacial score (nSPS) is 23.8. The van der Waals surface area contributed by atoms with Gasteiger partial charge in [-0.2, -0.15) is 0 Å². The van der Waals surface area contributed by atoms with E-state index in [4.69, 9.17) is 10.5 Å². The molecule has 1 saturated heterocycles. The highest BCUT2D eigenvalue weighted by molar-refractivity contribution is 5.37. The average molecular weight is 262 g/mol. The number of nitrogens with zero attached hydrogens (tertiary/aromatic N) is 1. The van der Waals surface area contributed by atoms with Gasteiger partial charge < -0.3 is 10.5 Å².